The normalized spacial score (nSPS) is 12.1. The molecule has 6 nitrogen and oxygen atoms in total. The van der Waals surface area contributed by atoms with E-state index in [1.54, 1.807) is 19.1 Å². The standard InChI is InChI=1S/C16H20FN3O3/c1-11(21)9-10-18-14(22)3-2-4-15-19-16(20-23-15)12-5-7-13(17)8-6-12/h5-8,11,21H,2-4,9-10H2,1H3,(H,18,22). The van der Waals surface area contributed by atoms with Gasteiger partial charge < -0.3 is 14.9 Å². The second-order valence-corrected chi connectivity index (χ2v) is 5.36. The van der Waals surface area contributed by atoms with Crippen LogP contribution in [0, 0.1) is 5.82 Å². The van der Waals surface area contributed by atoms with Gasteiger partial charge in [-0.15, -0.1) is 0 Å². The molecule has 2 aromatic rings. The lowest BCUT2D eigenvalue weighted by Gasteiger charge is -2.05. The number of aliphatic hydroxyl groups is 1. The number of carbonyl (C=O) groups excluding carboxylic acids is 1. The molecule has 0 radical (unpaired) electrons. The molecular weight excluding hydrogens is 301 g/mol. The Balaban J connectivity index is 1.74. The summed E-state index contributed by atoms with van der Waals surface area (Å²) >= 11 is 0. The highest BCUT2D eigenvalue weighted by atomic mass is 19.1. The largest absolute Gasteiger partial charge is 0.393 e. The average molecular weight is 321 g/mol. The highest BCUT2D eigenvalue weighted by molar-refractivity contribution is 5.75. The highest BCUT2D eigenvalue weighted by Crippen LogP contribution is 2.16. The van der Waals surface area contributed by atoms with Crippen molar-refractivity contribution in [1.29, 1.82) is 0 Å². The number of hydrogen-bond acceptors (Lipinski definition) is 5. The molecule has 1 atom stereocenters. The maximum Gasteiger partial charge on any atom is 0.226 e. The van der Waals surface area contributed by atoms with Crippen LogP contribution in [0.4, 0.5) is 4.39 Å². The van der Waals surface area contributed by atoms with Gasteiger partial charge in [0.25, 0.3) is 0 Å². The molecular formula is C16H20FN3O3. The lowest BCUT2D eigenvalue weighted by molar-refractivity contribution is -0.121. The summed E-state index contributed by atoms with van der Waals surface area (Å²) in [4.78, 5) is 15.8. The van der Waals surface area contributed by atoms with Gasteiger partial charge >= 0.3 is 0 Å². The van der Waals surface area contributed by atoms with Crippen LogP contribution in [0.1, 0.15) is 32.1 Å². The summed E-state index contributed by atoms with van der Waals surface area (Å²) in [5.74, 6) is 0.463. The lowest BCUT2D eigenvalue weighted by Crippen LogP contribution is -2.26. The molecule has 2 N–H and O–H groups in total. The molecule has 1 unspecified atom stereocenters. The molecule has 0 saturated carbocycles. The smallest absolute Gasteiger partial charge is 0.226 e. The number of aromatic nitrogens is 2. The Morgan fingerprint density at radius 1 is 1.39 bits per heavy atom. The van der Waals surface area contributed by atoms with Crippen LogP contribution < -0.4 is 5.32 Å². The van der Waals surface area contributed by atoms with Crippen molar-refractivity contribution in [2.24, 2.45) is 0 Å². The number of nitrogens with zero attached hydrogens (tertiary/aromatic N) is 2. The Labute approximate surface area is 133 Å². The van der Waals surface area contributed by atoms with E-state index in [9.17, 15) is 9.18 Å². The summed E-state index contributed by atoms with van der Waals surface area (Å²) in [6.45, 7) is 2.15. The Kier molecular flexibility index (Phi) is 6.22. The Hall–Kier alpha value is -2.28. The van der Waals surface area contributed by atoms with E-state index in [2.05, 4.69) is 15.5 Å². The quantitative estimate of drug-likeness (QED) is 0.777. The van der Waals surface area contributed by atoms with Gasteiger partial charge in [-0.2, -0.15) is 4.98 Å². The van der Waals surface area contributed by atoms with Crippen LogP contribution in [0.3, 0.4) is 0 Å². The van der Waals surface area contributed by atoms with E-state index in [1.807, 2.05) is 0 Å². The molecule has 0 aliphatic carbocycles. The van der Waals surface area contributed by atoms with Crippen LogP contribution in [-0.4, -0.2) is 33.8 Å². The van der Waals surface area contributed by atoms with Crippen molar-refractivity contribution in [2.45, 2.75) is 38.7 Å². The monoisotopic (exact) mass is 321 g/mol. The molecule has 0 spiro atoms. The van der Waals surface area contributed by atoms with Crippen molar-refractivity contribution in [3.05, 3.63) is 36.0 Å². The molecule has 0 saturated heterocycles. The number of nitrogens with one attached hydrogen (secondary N) is 1. The van der Waals surface area contributed by atoms with Crippen LogP contribution in [0.5, 0.6) is 0 Å². The minimum Gasteiger partial charge on any atom is -0.393 e. The predicted molar refractivity (Wildman–Crippen MR) is 81.9 cm³/mol. The number of aliphatic hydroxyl groups excluding tert-OH is 1. The zero-order chi connectivity index (χ0) is 16.7. The first kappa shape index (κ1) is 17.1. The number of aryl methyl sites for hydroxylation is 1. The minimum atomic E-state index is -0.418. The van der Waals surface area contributed by atoms with Gasteiger partial charge in [-0.3, -0.25) is 4.79 Å². The number of amides is 1. The van der Waals surface area contributed by atoms with E-state index in [4.69, 9.17) is 9.63 Å². The van der Waals surface area contributed by atoms with Gasteiger partial charge in [-0.1, -0.05) is 5.16 Å². The summed E-state index contributed by atoms with van der Waals surface area (Å²) < 4.78 is 18.0. The van der Waals surface area contributed by atoms with Crippen LogP contribution in [0.25, 0.3) is 11.4 Å². The number of rotatable bonds is 8. The third kappa shape index (κ3) is 5.78. The topological polar surface area (TPSA) is 88.2 Å². The fourth-order valence-electron chi connectivity index (χ4n) is 1.98. The molecule has 124 valence electrons. The van der Waals surface area contributed by atoms with Crippen LogP contribution in [0.2, 0.25) is 0 Å². The van der Waals surface area contributed by atoms with E-state index in [1.165, 1.54) is 12.1 Å². The molecule has 1 aromatic carbocycles. The zero-order valence-corrected chi connectivity index (χ0v) is 13.0. The number of carbonyl (C=O) groups is 1. The second kappa shape index (κ2) is 8.38. The number of hydrogen-bond donors (Lipinski definition) is 2. The Morgan fingerprint density at radius 3 is 2.83 bits per heavy atom. The maximum absolute atomic E-state index is 12.9. The first-order valence-corrected chi connectivity index (χ1v) is 7.58. The molecule has 1 heterocycles. The zero-order valence-electron chi connectivity index (χ0n) is 13.0. The minimum absolute atomic E-state index is 0.0658. The highest BCUT2D eigenvalue weighted by Gasteiger charge is 2.09. The van der Waals surface area contributed by atoms with E-state index >= 15 is 0 Å². The molecule has 1 amide bonds. The Bertz CT molecular complexity index is 626. The Morgan fingerprint density at radius 2 is 2.13 bits per heavy atom. The molecule has 0 bridgehead atoms. The SMILES string of the molecule is CC(O)CCNC(=O)CCCc1nc(-c2ccc(F)cc2)no1. The number of halogens is 1. The molecule has 7 heteroatoms. The first-order valence-electron chi connectivity index (χ1n) is 7.58. The van der Waals surface area contributed by atoms with Crippen molar-refractivity contribution >= 4 is 5.91 Å². The van der Waals surface area contributed by atoms with E-state index in [0.717, 1.165) is 0 Å². The van der Waals surface area contributed by atoms with E-state index < -0.39 is 6.10 Å². The summed E-state index contributed by atoms with van der Waals surface area (Å²) in [5.41, 5.74) is 0.678. The predicted octanol–water partition coefficient (Wildman–Crippen LogP) is 2.09. The van der Waals surface area contributed by atoms with Crippen LogP contribution in [-0.2, 0) is 11.2 Å². The number of benzene rings is 1. The van der Waals surface area contributed by atoms with Gasteiger partial charge in [-0.05, 0) is 44.0 Å². The van der Waals surface area contributed by atoms with Gasteiger partial charge in [0.1, 0.15) is 5.82 Å². The van der Waals surface area contributed by atoms with Gasteiger partial charge in [0.05, 0.1) is 6.10 Å². The van der Waals surface area contributed by atoms with Crippen molar-refractivity contribution in [3.8, 4) is 11.4 Å². The van der Waals surface area contributed by atoms with Crippen molar-refractivity contribution in [2.75, 3.05) is 6.54 Å². The second-order valence-electron chi connectivity index (χ2n) is 5.36. The van der Waals surface area contributed by atoms with E-state index in [-0.39, 0.29) is 11.7 Å². The van der Waals surface area contributed by atoms with Gasteiger partial charge in [-0.25, -0.2) is 4.39 Å². The summed E-state index contributed by atoms with van der Waals surface area (Å²) in [6, 6.07) is 5.84. The van der Waals surface area contributed by atoms with Gasteiger partial charge in [0.15, 0.2) is 0 Å². The maximum atomic E-state index is 12.9. The van der Waals surface area contributed by atoms with Gasteiger partial charge in [0.2, 0.25) is 17.6 Å². The lowest BCUT2D eigenvalue weighted by atomic mass is 10.2. The summed E-state index contributed by atoms with van der Waals surface area (Å²) in [6.07, 6.45) is 1.56. The van der Waals surface area contributed by atoms with Crippen LogP contribution in [0.15, 0.2) is 28.8 Å². The average Bonchev–Trinajstić information content (AvgIpc) is 2.96. The third-order valence-electron chi connectivity index (χ3n) is 3.25. The fourth-order valence-corrected chi connectivity index (χ4v) is 1.98. The summed E-state index contributed by atoms with van der Waals surface area (Å²) in [7, 11) is 0. The molecule has 0 fully saturated rings. The molecule has 0 aliphatic heterocycles. The molecule has 1 aromatic heterocycles. The van der Waals surface area contributed by atoms with Crippen molar-refractivity contribution in [1.82, 2.24) is 15.5 Å². The van der Waals surface area contributed by atoms with Crippen LogP contribution >= 0.6 is 0 Å². The van der Waals surface area contributed by atoms with E-state index in [0.29, 0.717) is 49.5 Å². The summed E-state index contributed by atoms with van der Waals surface area (Å²) in [5, 5.41) is 15.7. The molecule has 2 rings (SSSR count). The first-order chi connectivity index (χ1) is 11.0. The van der Waals surface area contributed by atoms with Gasteiger partial charge in [0, 0.05) is 24.9 Å². The van der Waals surface area contributed by atoms with Crippen molar-refractivity contribution < 1.29 is 18.8 Å². The van der Waals surface area contributed by atoms with Crippen molar-refractivity contribution in [3.63, 3.8) is 0 Å². The molecule has 23 heavy (non-hydrogen) atoms. The fraction of sp³-hybridized carbons (Fsp3) is 0.438. The third-order valence-corrected chi connectivity index (χ3v) is 3.25. The molecule has 0 aliphatic rings.